The van der Waals surface area contributed by atoms with E-state index < -0.39 is 23.7 Å². The van der Waals surface area contributed by atoms with E-state index in [1.165, 1.54) is 18.2 Å². The van der Waals surface area contributed by atoms with Crippen molar-refractivity contribution in [1.82, 2.24) is 0 Å². The first kappa shape index (κ1) is 14.8. The molecule has 1 aliphatic heterocycles. The van der Waals surface area contributed by atoms with Gasteiger partial charge in [-0.05, 0) is 22.9 Å². The third-order valence-corrected chi connectivity index (χ3v) is 3.55. The zero-order valence-electron chi connectivity index (χ0n) is 11.5. The highest BCUT2D eigenvalue weighted by Gasteiger charge is 2.39. The number of carbonyl (C=O) groups excluding carboxylic acids is 1. The molecule has 0 amide bonds. The van der Waals surface area contributed by atoms with Crippen molar-refractivity contribution in [3.8, 4) is 23.0 Å². The van der Waals surface area contributed by atoms with Gasteiger partial charge in [0.25, 0.3) is 0 Å². The van der Waals surface area contributed by atoms with Gasteiger partial charge in [0.15, 0.2) is 12.2 Å². The van der Waals surface area contributed by atoms with E-state index in [2.05, 4.69) is 5.18 Å². The van der Waals surface area contributed by atoms with Gasteiger partial charge in [-0.3, -0.25) is 4.79 Å². The van der Waals surface area contributed by atoms with Gasteiger partial charge in [-0.25, -0.2) is 0 Å². The number of benzene rings is 2. The predicted octanol–water partition coefficient (Wildman–Crippen LogP) is 1.88. The molecule has 3 rings (SSSR count). The molecule has 118 valence electrons. The van der Waals surface area contributed by atoms with Gasteiger partial charge in [-0.1, -0.05) is 6.07 Å². The van der Waals surface area contributed by atoms with Crippen LogP contribution in [0.5, 0.6) is 23.0 Å². The lowest BCUT2D eigenvalue weighted by Gasteiger charge is -2.30. The summed E-state index contributed by atoms with van der Waals surface area (Å²) < 4.78 is 5.49. The van der Waals surface area contributed by atoms with E-state index in [9.17, 15) is 30.1 Å². The Morgan fingerprint density at radius 1 is 1.04 bits per heavy atom. The number of rotatable bonds is 2. The third kappa shape index (κ3) is 2.34. The van der Waals surface area contributed by atoms with E-state index in [1.54, 1.807) is 0 Å². The van der Waals surface area contributed by atoms with Crippen molar-refractivity contribution in [3.63, 3.8) is 0 Å². The second kappa shape index (κ2) is 5.25. The van der Waals surface area contributed by atoms with Crippen LogP contribution in [0, 0.1) is 4.91 Å². The molecule has 8 heteroatoms. The van der Waals surface area contributed by atoms with Gasteiger partial charge in [0.05, 0.1) is 0 Å². The lowest BCUT2D eigenvalue weighted by Crippen LogP contribution is -2.36. The van der Waals surface area contributed by atoms with E-state index in [4.69, 9.17) is 4.74 Å². The Bertz CT molecular complexity index is 818. The Kier molecular flexibility index (Phi) is 3.38. The molecule has 0 spiro atoms. The van der Waals surface area contributed by atoms with Gasteiger partial charge in [0, 0.05) is 12.1 Å². The fourth-order valence-corrected chi connectivity index (χ4v) is 2.45. The number of ketones is 1. The zero-order chi connectivity index (χ0) is 16.7. The van der Waals surface area contributed by atoms with Crippen LogP contribution in [0.25, 0.3) is 0 Å². The number of carbonyl (C=O) groups is 1. The SMILES string of the molecule is O=Nc1cc(C2Oc3cc(O)cc(O)c3C(=O)C2O)ccc1O. The molecular formula is C15H11NO7. The molecule has 0 aliphatic carbocycles. The topological polar surface area (TPSA) is 137 Å². The molecule has 2 aromatic rings. The van der Waals surface area contributed by atoms with Crippen LogP contribution >= 0.6 is 0 Å². The number of phenols is 3. The number of Topliss-reactive ketones (excluding diaryl/α,β-unsaturated/α-hetero) is 1. The van der Waals surface area contributed by atoms with Crippen molar-refractivity contribution in [2.75, 3.05) is 0 Å². The molecule has 23 heavy (non-hydrogen) atoms. The van der Waals surface area contributed by atoms with E-state index in [-0.39, 0.29) is 34.1 Å². The molecule has 2 aromatic carbocycles. The van der Waals surface area contributed by atoms with Gasteiger partial charge < -0.3 is 25.2 Å². The molecule has 4 N–H and O–H groups in total. The summed E-state index contributed by atoms with van der Waals surface area (Å²) in [5.74, 6) is -2.07. The number of hydrogen-bond donors (Lipinski definition) is 4. The van der Waals surface area contributed by atoms with E-state index in [0.29, 0.717) is 0 Å². The quantitative estimate of drug-likeness (QED) is 0.620. The van der Waals surface area contributed by atoms with E-state index in [0.717, 1.165) is 12.1 Å². The van der Waals surface area contributed by atoms with E-state index >= 15 is 0 Å². The van der Waals surface area contributed by atoms with Crippen LogP contribution in [0.2, 0.25) is 0 Å². The summed E-state index contributed by atoms with van der Waals surface area (Å²) in [6.07, 6.45) is -2.82. The van der Waals surface area contributed by atoms with Crippen LogP contribution in [0.3, 0.4) is 0 Å². The number of ether oxygens (including phenoxy) is 1. The first-order chi connectivity index (χ1) is 10.9. The number of phenolic OH excluding ortho intramolecular Hbond substituents is 3. The number of aromatic hydroxyl groups is 3. The lowest BCUT2D eigenvalue weighted by atomic mass is 9.92. The molecule has 0 bridgehead atoms. The Labute approximate surface area is 129 Å². The lowest BCUT2D eigenvalue weighted by molar-refractivity contribution is 0.0211. The maximum absolute atomic E-state index is 12.2. The molecule has 1 heterocycles. The van der Waals surface area contributed by atoms with Gasteiger partial charge in [-0.2, -0.15) is 0 Å². The van der Waals surface area contributed by atoms with Crippen molar-refractivity contribution in [2.45, 2.75) is 12.2 Å². The smallest absolute Gasteiger partial charge is 0.202 e. The molecule has 0 saturated heterocycles. The molecule has 8 nitrogen and oxygen atoms in total. The Balaban J connectivity index is 2.09. The highest BCUT2D eigenvalue weighted by Crippen LogP contribution is 2.42. The second-order valence-corrected chi connectivity index (χ2v) is 5.03. The fraction of sp³-hybridized carbons (Fsp3) is 0.133. The van der Waals surface area contributed by atoms with Crippen molar-refractivity contribution in [2.24, 2.45) is 5.18 Å². The minimum Gasteiger partial charge on any atom is -0.508 e. The maximum Gasteiger partial charge on any atom is 0.202 e. The van der Waals surface area contributed by atoms with Crippen LogP contribution in [0.1, 0.15) is 22.0 Å². The highest BCUT2D eigenvalue weighted by molar-refractivity contribution is 6.05. The Morgan fingerprint density at radius 3 is 2.48 bits per heavy atom. The molecule has 2 atom stereocenters. The first-order valence-electron chi connectivity index (χ1n) is 6.53. The molecule has 0 fully saturated rings. The number of aliphatic hydroxyl groups is 1. The van der Waals surface area contributed by atoms with Gasteiger partial charge in [0.2, 0.25) is 5.78 Å². The summed E-state index contributed by atoms with van der Waals surface area (Å²) in [5.41, 5.74) is -0.277. The van der Waals surface area contributed by atoms with Gasteiger partial charge in [0.1, 0.15) is 34.2 Å². The van der Waals surface area contributed by atoms with Gasteiger partial charge in [-0.15, -0.1) is 4.91 Å². The minimum absolute atomic E-state index is 0.100. The van der Waals surface area contributed by atoms with Crippen LogP contribution in [0.4, 0.5) is 5.69 Å². The number of nitrogens with zero attached hydrogens (tertiary/aromatic N) is 1. The molecule has 0 aromatic heterocycles. The average Bonchev–Trinajstić information content (AvgIpc) is 2.50. The minimum atomic E-state index is -1.64. The number of hydrogen-bond acceptors (Lipinski definition) is 8. The molecule has 0 saturated carbocycles. The summed E-state index contributed by atoms with van der Waals surface area (Å²) in [7, 11) is 0. The molecule has 2 unspecified atom stereocenters. The van der Waals surface area contributed by atoms with Crippen LogP contribution in [0.15, 0.2) is 35.5 Å². The number of aliphatic hydroxyl groups excluding tert-OH is 1. The molecule has 0 radical (unpaired) electrons. The Morgan fingerprint density at radius 2 is 1.78 bits per heavy atom. The van der Waals surface area contributed by atoms with E-state index in [1.807, 2.05) is 0 Å². The third-order valence-electron chi connectivity index (χ3n) is 3.55. The largest absolute Gasteiger partial charge is 0.508 e. The zero-order valence-corrected chi connectivity index (χ0v) is 11.5. The first-order valence-corrected chi connectivity index (χ1v) is 6.53. The van der Waals surface area contributed by atoms with Crippen LogP contribution in [-0.4, -0.2) is 32.3 Å². The summed E-state index contributed by atoms with van der Waals surface area (Å²) in [4.78, 5) is 22.9. The molecule has 1 aliphatic rings. The highest BCUT2D eigenvalue weighted by atomic mass is 16.5. The van der Waals surface area contributed by atoms with Crippen molar-refractivity contribution < 1.29 is 30.0 Å². The maximum atomic E-state index is 12.2. The summed E-state index contributed by atoms with van der Waals surface area (Å²) >= 11 is 0. The standard InChI is InChI=1S/C15H11NO7/c17-7-4-10(19)12-11(5-7)23-15(14(21)13(12)20)6-1-2-9(18)8(3-6)16-22/h1-5,14-15,17-19,21H. The Hall–Kier alpha value is -3.13. The monoisotopic (exact) mass is 317 g/mol. The van der Waals surface area contributed by atoms with Crippen LogP contribution < -0.4 is 4.74 Å². The van der Waals surface area contributed by atoms with Crippen molar-refractivity contribution in [1.29, 1.82) is 0 Å². The van der Waals surface area contributed by atoms with Crippen molar-refractivity contribution >= 4 is 11.5 Å². The van der Waals surface area contributed by atoms with Crippen molar-refractivity contribution in [3.05, 3.63) is 46.4 Å². The van der Waals surface area contributed by atoms with Gasteiger partial charge >= 0.3 is 0 Å². The fourth-order valence-electron chi connectivity index (χ4n) is 2.45. The second-order valence-electron chi connectivity index (χ2n) is 5.03. The summed E-state index contributed by atoms with van der Waals surface area (Å²) in [6.45, 7) is 0. The number of fused-ring (bicyclic) bond motifs is 1. The summed E-state index contributed by atoms with van der Waals surface area (Å²) in [6, 6.07) is 5.81. The summed E-state index contributed by atoms with van der Waals surface area (Å²) in [5, 5.41) is 41.5. The van der Waals surface area contributed by atoms with Crippen LogP contribution in [-0.2, 0) is 0 Å². The normalized spacial score (nSPS) is 19.8. The number of nitroso groups, excluding NO2 is 1. The predicted molar refractivity (Wildman–Crippen MR) is 77.0 cm³/mol. The average molecular weight is 317 g/mol. The molecular weight excluding hydrogens is 306 g/mol.